The first-order valence-electron chi connectivity index (χ1n) is 7.52. The Bertz CT molecular complexity index is 911. The lowest BCUT2D eigenvalue weighted by Gasteiger charge is -2.16. The summed E-state index contributed by atoms with van der Waals surface area (Å²) in [4.78, 5) is 23.3. The third kappa shape index (κ3) is 3.54. The average Bonchev–Trinajstić information content (AvgIpc) is 2.99. The van der Waals surface area contributed by atoms with Crippen LogP contribution in [-0.4, -0.2) is 47.8 Å². The molecule has 0 radical (unpaired) electrons. The summed E-state index contributed by atoms with van der Waals surface area (Å²) in [6.07, 6.45) is 3.81. The first-order chi connectivity index (χ1) is 12.0. The number of amides is 1. The molecule has 3 aromatic rings. The van der Waals surface area contributed by atoms with Gasteiger partial charge < -0.3 is 26.2 Å². The Hall–Kier alpha value is -3.11. The van der Waals surface area contributed by atoms with Crippen LogP contribution in [0.1, 0.15) is 10.4 Å². The zero-order valence-electron chi connectivity index (χ0n) is 13.2. The zero-order valence-corrected chi connectivity index (χ0v) is 13.2. The highest BCUT2D eigenvalue weighted by Crippen LogP contribution is 2.15. The Balaban J connectivity index is 1.72. The summed E-state index contributed by atoms with van der Waals surface area (Å²) >= 11 is 0. The van der Waals surface area contributed by atoms with Gasteiger partial charge in [0.05, 0.1) is 12.9 Å². The molecule has 10 heteroatoms. The summed E-state index contributed by atoms with van der Waals surface area (Å²) in [5.74, 6) is -0.316. The summed E-state index contributed by atoms with van der Waals surface area (Å²) in [7, 11) is 0. The molecule has 0 aliphatic rings. The Morgan fingerprint density at radius 2 is 2.08 bits per heavy atom. The molecule has 1 amide bonds. The molecular weight excluding hydrogens is 326 g/mol. The number of nitrogen functional groups attached to an aromatic ring is 1. The number of aliphatic hydroxyl groups excluding tert-OH is 2. The van der Waals surface area contributed by atoms with Gasteiger partial charge in [-0.3, -0.25) is 4.79 Å². The second-order valence-corrected chi connectivity index (χ2v) is 5.62. The molecule has 3 aromatic heterocycles. The van der Waals surface area contributed by atoms with E-state index in [4.69, 9.17) is 11.5 Å². The highest BCUT2D eigenvalue weighted by molar-refractivity contribution is 5.92. The molecule has 2 atom stereocenters. The van der Waals surface area contributed by atoms with Crippen LogP contribution >= 0.6 is 0 Å². The molecule has 0 fully saturated rings. The number of nitrogens with zero attached hydrogens (tertiary/aromatic N) is 5. The molecule has 0 spiro atoms. The van der Waals surface area contributed by atoms with Crippen LogP contribution in [0.25, 0.3) is 11.2 Å². The number of hydrogen-bond acceptors (Lipinski definition) is 7. The maximum atomic E-state index is 11.2. The number of anilines is 1. The fourth-order valence-corrected chi connectivity index (χ4v) is 2.47. The molecule has 130 valence electrons. The minimum atomic E-state index is -1.08. The van der Waals surface area contributed by atoms with E-state index in [0.29, 0.717) is 16.7 Å². The molecule has 10 nitrogen and oxygen atoms in total. The number of nitrogens with two attached hydrogens (primary N) is 2. The SMILES string of the molecule is NC(=O)c1ccc[n+](C[C@H](O)[C@H](O)Cn2cnc3c(N)ncnc32)c1. The Labute approximate surface area is 142 Å². The predicted octanol–water partition coefficient (Wildman–Crippen LogP) is -1.78. The number of hydrogen-bond donors (Lipinski definition) is 4. The van der Waals surface area contributed by atoms with Crippen molar-refractivity contribution in [3.8, 4) is 0 Å². The van der Waals surface area contributed by atoms with Gasteiger partial charge in [0.1, 0.15) is 29.6 Å². The van der Waals surface area contributed by atoms with E-state index in [1.807, 2.05) is 0 Å². The first-order valence-corrected chi connectivity index (χ1v) is 7.52. The fourth-order valence-electron chi connectivity index (χ4n) is 2.47. The molecule has 0 unspecified atom stereocenters. The van der Waals surface area contributed by atoms with Crippen molar-refractivity contribution in [2.45, 2.75) is 25.3 Å². The largest absolute Gasteiger partial charge is 0.388 e. The molecule has 25 heavy (non-hydrogen) atoms. The van der Waals surface area contributed by atoms with Crippen LogP contribution in [0.4, 0.5) is 5.82 Å². The van der Waals surface area contributed by atoms with E-state index in [1.165, 1.54) is 18.9 Å². The van der Waals surface area contributed by atoms with Gasteiger partial charge >= 0.3 is 0 Å². The van der Waals surface area contributed by atoms with Gasteiger partial charge in [-0.15, -0.1) is 0 Å². The first kappa shape index (κ1) is 16.7. The van der Waals surface area contributed by atoms with Crippen LogP contribution in [-0.2, 0) is 13.1 Å². The summed E-state index contributed by atoms with van der Waals surface area (Å²) < 4.78 is 3.17. The van der Waals surface area contributed by atoms with Gasteiger partial charge in [-0.2, -0.15) is 0 Å². The van der Waals surface area contributed by atoms with Crippen molar-refractivity contribution < 1.29 is 19.6 Å². The number of rotatable bonds is 6. The maximum Gasteiger partial charge on any atom is 0.254 e. The number of aliphatic hydroxyl groups is 2. The van der Waals surface area contributed by atoms with Crippen LogP contribution < -0.4 is 16.0 Å². The minimum absolute atomic E-state index is 0.0736. The Morgan fingerprint density at radius 3 is 2.84 bits per heavy atom. The summed E-state index contributed by atoms with van der Waals surface area (Å²) in [6, 6.07) is 3.21. The summed E-state index contributed by atoms with van der Waals surface area (Å²) in [5.41, 5.74) is 12.2. The highest BCUT2D eigenvalue weighted by atomic mass is 16.3. The molecule has 0 saturated heterocycles. The van der Waals surface area contributed by atoms with Crippen LogP contribution in [0.5, 0.6) is 0 Å². The molecule has 0 bridgehead atoms. The van der Waals surface area contributed by atoms with Gasteiger partial charge in [0.25, 0.3) is 5.91 Å². The van der Waals surface area contributed by atoms with Crippen LogP contribution in [0.3, 0.4) is 0 Å². The standard InChI is InChI=1S/C15H17N7O3/c16-13-12-15(19-7-18-13)22(8-20-12)6-11(24)10(23)5-21-3-1-2-9(4-21)14(17)25/h1-4,7-8,10-11,23-24H,5-6H2,(H3-,16,17,18,19,25)/p+1/t10-,11+/m0/s1. The number of primary amides is 1. The minimum Gasteiger partial charge on any atom is -0.388 e. The van der Waals surface area contributed by atoms with Gasteiger partial charge in [0.15, 0.2) is 30.4 Å². The average molecular weight is 344 g/mol. The molecule has 3 rings (SSSR count). The van der Waals surface area contributed by atoms with Crippen molar-refractivity contribution in [2.24, 2.45) is 5.73 Å². The van der Waals surface area contributed by atoms with E-state index in [1.54, 1.807) is 27.5 Å². The lowest BCUT2D eigenvalue weighted by Crippen LogP contribution is -2.45. The molecule has 3 heterocycles. The monoisotopic (exact) mass is 344 g/mol. The van der Waals surface area contributed by atoms with E-state index in [-0.39, 0.29) is 18.9 Å². The van der Waals surface area contributed by atoms with Crippen LogP contribution in [0, 0.1) is 0 Å². The second kappa shape index (κ2) is 6.79. The molecular formula is C15H18N7O3+. The molecule has 0 aliphatic carbocycles. The maximum absolute atomic E-state index is 11.2. The fraction of sp³-hybridized carbons (Fsp3) is 0.267. The third-order valence-electron chi connectivity index (χ3n) is 3.80. The predicted molar refractivity (Wildman–Crippen MR) is 86.9 cm³/mol. The lowest BCUT2D eigenvalue weighted by molar-refractivity contribution is -0.704. The van der Waals surface area contributed by atoms with E-state index in [2.05, 4.69) is 15.0 Å². The number of carbonyl (C=O) groups excluding carboxylic acids is 1. The normalized spacial score (nSPS) is 13.7. The van der Waals surface area contributed by atoms with E-state index >= 15 is 0 Å². The molecule has 0 aromatic carbocycles. The van der Waals surface area contributed by atoms with E-state index in [0.717, 1.165) is 0 Å². The molecule has 0 aliphatic heterocycles. The topological polar surface area (TPSA) is 157 Å². The Kier molecular flexibility index (Phi) is 4.55. The summed E-state index contributed by atoms with van der Waals surface area (Å²) in [6.45, 7) is 0.163. The van der Waals surface area contributed by atoms with Gasteiger partial charge in [-0.25, -0.2) is 19.5 Å². The van der Waals surface area contributed by atoms with Crippen molar-refractivity contribution in [3.05, 3.63) is 42.7 Å². The smallest absolute Gasteiger partial charge is 0.254 e. The second-order valence-electron chi connectivity index (χ2n) is 5.62. The number of imidazole rings is 1. The zero-order chi connectivity index (χ0) is 18.0. The van der Waals surface area contributed by atoms with Gasteiger partial charge in [0.2, 0.25) is 0 Å². The number of fused-ring (bicyclic) bond motifs is 1. The van der Waals surface area contributed by atoms with Gasteiger partial charge in [-0.05, 0) is 6.07 Å². The van der Waals surface area contributed by atoms with Crippen molar-refractivity contribution in [3.63, 3.8) is 0 Å². The van der Waals surface area contributed by atoms with Crippen LogP contribution in [0.2, 0.25) is 0 Å². The van der Waals surface area contributed by atoms with E-state index < -0.39 is 18.1 Å². The molecule has 0 saturated carbocycles. The number of carbonyl (C=O) groups is 1. The van der Waals surface area contributed by atoms with Gasteiger partial charge in [0, 0.05) is 6.07 Å². The summed E-state index contributed by atoms with van der Waals surface area (Å²) in [5, 5.41) is 20.5. The van der Waals surface area contributed by atoms with Crippen molar-refractivity contribution in [2.75, 3.05) is 5.73 Å². The quantitative estimate of drug-likeness (QED) is 0.385. The van der Waals surface area contributed by atoms with Crippen molar-refractivity contribution in [1.29, 1.82) is 0 Å². The van der Waals surface area contributed by atoms with Crippen LogP contribution in [0.15, 0.2) is 37.2 Å². The highest BCUT2D eigenvalue weighted by Gasteiger charge is 2.23. The number of aromatic nitrogens is 5. The van der Waals surface area contributed by atoms with E-state index in [9.17, 15) is 15.0 Å². The van der Waals surface area contributed by atoms with Crippen molar-refractivity contribution >= 4 is 22.9 Å². The van der Waals surface area contributed by atoms with Crippen molar-refractivity contribution in [1.82, 2.24) is 19.5 Å². The van der Waals surface area contributed by atoms with Gasteiger partial charge in [-0.1, -0.05) is 0 Å². The Morgan fingerprint density at radius 1 is 1.28 bits per heavy atom. The third-order valence-corrected chi connectivity index (χ3v) is 3.80. The number of pyridine rings is 1. The molecule has 6 N–H and O–H groups in total. The lowest BCUT2D eigenvalue weighted by atomic mass is 10.2.